The second-order valence-corrected chi connectivity index (χ2v) is 5.96. The molecule has 1 saturated carbocycles. The summed E-state index contributed by atoms with van der Waals surface area (Å²) in [5.74, 6) is 0.957. The number of aryl methyl sites for hydroxylation is 1. The van der Waals surface area contributed by atoms with Gasteiger partial charge in [0.1, 0.15) is 0 Å². The largest absolute Gasteiger partial charge is 0.326 e. The van der Waals surface area contributed by atoms with Crippen LogP contribution in [0, 0.1) is 5.92 Å². The minimum absolute atomic E-state index is 0.130. The van der Waals surface area contributed by atoms with E-state index in [-0.39, 0.29) is 11.9 Å². The molecule has 0 spiro atoms. The molecule has 1 amide bonds. The number of carbonyl (C=O) groups is 1. The highest BCUT2D eigenvalue weighted by molar-refractivity contribution is 5.92. The lowest BCUT2D eigenvalue weighted by atomic mass is 9.79. The van der Waals surface area contributed by atoms with Gasteiger partial charge in [0.05, 0.1) is 0 Å². The molecule has 3 N–H and O–H groups in total. The molecular weight excluding hydrogens is 236 g/mol. The van der Waals surface area contributed by atoms with Crippen molar-refractivity contribution in [2.24, 2.45) is 11.7 Å². The Morgan fingerprint density at radius 1 is 1.26 bits per heavy atom. The zero-order valence-corrected chi connectivity index (χ0v) is 11.3. The van der Waals surface area contributed by atoms with Gasteiger partial charge in [-0.15, -0.1) is 0 Å². The second kappa shape index (κ2) is 5.33. The molecule has 1 aromatic carbocycles. The number of nitrogens with two attached hydrogens (primary N) is 1. The van der Waals surface area contributed by atoms with E-state index in [1.807, 2.05) is 6.07 Å². The standard InChI is InChI=1S/C16H22N2O/c17-14(9-11-3-1-4-11)12-7-8-15-13(10-12)5-2-6-16(19)18-15/h7-8,10-11,14H,1-6,9,17H2,(H,18,19). The smallest absolute Gasteiger partial charge is 0.224 e. The summed E-state index contributed by atoms with van der Waals surface area (Å²) < 4.78 is 0. The third kappa shape index (κ3) is 2.81. The van der Waals surface area contributed by atoms with E-state index in [2.05, 4.69) is 17.4 Å². The molecule has 1 aliphatic carbocycles. The average Bonchev–Trinajstić information content (AvgIpc) is 2.53. The minimum atomic E-state index is 0.130. The third-order valence-electron chi connectivity index (χ3n) is 4.49. The molecule has 0 bridgehead atoms. The number of anilines is 1. The molecule has 19 heavy (non-hydrogen) atoms. The van der Waals surface area contributed by atoms with Gasteiger partial charge in [-0.3, -0.25) is 4.79 Å². The van der Waals surface area contributed by atoms with E-state index in [4.69, 9.17) is 5.73 Å². The number of hydrogen-bond donors (Lipinski definition) is 2. The van der Waals surface area contributed by atoms with Crippen molar-refractivity contribution in [3.63, 3.8) is 0 Å². The van der Waals surface area contributed by atoms with Crippen LogP contribution in [0.1, 0.15) is 55.7 Å². The molecule has 0 saturated heterocycles. The molecule has 3 heteroatoms. The number of rotatable bonds is 3. The molecule has 2 aliphatic rings. The van der Waals surface area contributed by atoms with Crippen molar-refractivity contribution < 1.29 is 4.79 Å². The van der Waals surface area contributed by atoms with Gasteiger partial charge in [0, 0.05) is 18.2 Å². The van der Waals surface area contributed by atoms with E-state index in [9.17, 15) is 4.79 Å². The first kappa shape index (κ1) is 12.7. The van der Waals surface area contributed by atoms with Gasteiger partial charge in [-0.25, -0.2) is 0 Å². The molecule has 1 aromatic rings. The summed E-state index contributed by atoms with van der Waals surface area (Å²) in [6.45, 7) is 0. The number of benzene rings is 1. The Hall–Kier alpha value is -1.35. The van der Waals surface area contributed by atoms with Gasteiger partial charge >= 0.3 is 0 Å². The van der Waals surface area contributed by atoms with Gasteiger partial charge in [-0.1, -0.05) is 31.4 Å². The fourth-order valence-electron chi connectivity index (χ4n) is 3.05. The average molecular weight is 258 g/mol. The SMILES string of the molecule is NC(CC1CCC1)c1ccc2c(c1)CCCC(=O)N2. The van der Waals surface area contributed by atoms with Crippen LogP contribution >= 0.6 is 0 Å². The zero-order chi connectivity index (χ0) is 13.2. The Bertz CT molecular complexity index is 480. The van der Waals surface area contributed by atoms with Crippen molar-refractivity contribution in [3.8, 4) is 0 Å². The van der Waals surface area contributed by atoms with E-state index in [1.54, 1.807) is 0 Å². The van der Waals surface area contributed by atoms with Crippen LogP contribution in [0.2, 0.25) is 0 Å². The highest BCUT2D eigenvalue weighted by Gasteiger charge is 2.22. The Kier molecular flexibility index (Phi) is 3.56. The van der Waals surface area contributed by atoms with E-state index < -0.39 is 0 Å². The lowest BCUT2D eigenvalue weighted by molar-refractivity contribution is -0.116. The van der Waals surface area contributed by atoms with Crippen molar-refractivity contribution in [3.05, 3.63) is 29.3 Å². The normalized spacial score (nSPS) is 21.0. The number of hydrogen-bond acceptors (Lipinski definition) is 2. The highest BCUT2D eigenvalue weighted by atomic mass is 16.1. The first-order valence-corrected chi connectivity index (χ1v) is 7.40. The van der Waals surface area contributed by atoms with Crippen molar-refractivity contribution in [2.75, 3.05) is 5.32 Å². The van der Waals surface area contributed by atoms with Gasteiger partial charge < -0.3 is 11.1 Å². The van der Waals surface area contributed by atoms with Crippen LogP contribution < -0.4 is 11.1 Å². The van der Waals surface area contributed by atoms with Gasteiger partial charge in [-0.05, 0) is 42.4 Å². The maximum atomic E-state index is 11.5. The maximum absolute atomic E-state index is 11.5. The van der Waals surface area contributed by atoms with Crippen LogP contribution in [0.25, 0.3) is 0 Å². The highest BCUT2D eigenvalue weighted by Crippen LogP contribution is 2.34. The number of fused-ring (bicyclic) bond motifs is 1. The first-order chi connectivity index (χ1) is 9.22. The fourth-order valence-corrected chi connectivity index (χ4v) is 3.05. The summed E-state index contributed by atoms with van der Waals surface area (Å²) >= 11 is 0. The third-order valence-corrected chi connectivity index (χ3v) is 4.49. The molecule has 3 rings (SSSR count). The molecule has 0 aromatic heterocycles. The topological polar surface area (TPSA) is 55.1 Å². The molecular formula is C16H22N2O. The maximum Gasteiger partial charge on any atom is 0.224 e. The summed E-state index contributed by atoms with van der Waals surface area (Å²) in [7, 11) is 0. The molecule has 1 aliphatic heterocycles. The van der Waals surface area contributed by atoms with Gasteiger partial charge in [0.15, 0.2) is 0 Å². The molecule has 1 atom stereocenters. The number of nitrogens with one attached hydrogen (secondary N) is 1. The van der Waals surface area contributed by atoms with Crippen molar-refractivity contribution in [2.45, 2.75) is 51.0 Å². The molecule has 3 nitrogen and oxygen atoms in total. The molecule has 1 unspecified atom stereocenters. The summed E-state index contributed by atoms with van der Waals surface area (Å²) in [4.78, 5) is 11.5. The van der Waals surface area contributed by atoms with E-state index >= 15 is 0 Å². The lowest BCUT2D eigenvalue weighted by Crippen LogP contribution is -2.20. The summed E-state index contributed by atoms with van der Waals surface area (Å²) in [5.41, 5.74) is 9.76. The fraction of sp³-hybridized carbons (Fsp3) is 0.562. The van der Waals surface area contributed by atoms with Crippen LogP contribution in [0.15, 0.2) is 18.2 Å². The summed E-state index contributed by atoms with van der Waals surface area (Å²) in [5, 5.41) is 2.97. The lowest BCUT2D eigenvalue weighted by Gasteiger charge is -2.28. The van der Waals surface area contributed by atoms with Gasteiger partial charge in [0.2, 0.25) is 5.91 Å². The van der Waals surface area contributed by atoms with Crippen molar-refractivity contribution in [1.29, 1.82) is 0 Å². The van der Waals surface area contributed by atoms with Gasteiger partial charge in [0.25, 0.3) is 0 Å². The van der Waals surface area contributed by atoms with Crippen molar-refractivity contribution >= 4 is 11.6 Å². The Morgan fingerprint density at radius 2 is 2.11 bits per heavy atom. The molecule has 1 fully saturated rings. The van der Waals surface area contributed by atoms with Crippen LogP contribution in [0.5, 0.6) is 0 Å². The Morgan fingerprint density at radius 3 is 2.84 bits per heavy atom. The number of carbonyl (C=O) groups excluding carboxylic acids is 1. The van der Waals surface area contributed by atoms with Crippen LogP contribution in [-0.2, 0) is 11.2 Å². The Balaban J connectivity index is 1.76. The van der Waals surface area contributed by atoms with E-state index in [1.165, 1.54) is 30.4 Å². The van der Waals surface area contributed by atoms with Crippen LogP contribution in [0.3, 0.4) is 0 Å². The monoisotopic (exact) mass is 258 g/mol. The van der Waals surface area contributed by atoms with Crippen LogP contribution in [0.4, 0.5) is 5.69 Å². The zero-order valence-electron chi connectivity index (χ0n) is 11.3. The minimum Gasteiger partial charge on any atom is -0.326 e. The second-order valence-electron chi connectivity index (χ2n) is 5.96. The molecule has 0 radical (unpaired) electrons. The number of amides is 1. The summed E-state index contributed by atoms with van der Waals surface area (Å²) in [6, 6.07) is 6.45. The van der Waals surface area contributed by atoms with Crippen LogP contribution in [-0.4, -0.2) is 5.91 Å². The predicted molar refractivity (Wildman–Crippen MR) is 76.9 cm³/mol. The van der Waals surface area contributed by atoms with Gasteiger partial charge in [-0.2, -0.15) is 0 Å². The quantitative estimate of drug-likeness (QED) is 0.875. The van der Waals surface area contributed by atoms with E-state index in [0.717, 1.165) is 30.9 Å². The van der Waals surface area contributed by atoms with Crippen molar-refractivity contribution in [1.82, 2.24) is 0 Å². The molecule has 102 valence electrons. The summed E-state index contributed by atoms with van der Waals surface area (Å²) in [6.07, 6.45) is 7.68. The predicted octanol–water partition coefficient (Wildman–Crippen LogP) is 3.15. The Labute approximate surface area is 114 Å². The van der Waals surface area contributed by atoms with E-state index in [0.29, 0.717) is 6.42 Å². The molecule has 1 heterocycles. The first-order valence-electron chi connectivity index (χ1n) is 7.40.